The van der Waals surface area contributed by atoms with E-state index in [1.54, 1.807) is 12.1 Å². The molecule has 0 unspecified atom stereocenters. The summed E-state index contributed by atoms with van der Waals surface area (Å²) in [6.07, 6.45) is 1.20. The van der Waals surface area contributed by atoms with Gasteiger partial charge in [-0.25, -0.2) is 17.2 Å². The highest BCUT2D eigenvalue weighted by atomic mass is 32.2. The summed E-state index contributed by atoms with van der Waals surface area (Å²) in [4.78, 5) is 12.7. The molecule has 168 valence electrons. The minimum absolute atomic E-state index is 0.0422. The quantitative estimate of drug-likeness (QED) is 0.593. The van der Waals surface area contributed by atoms with Crippen LogP contribution < -0.4 is 5.32 Å². The van der Waals surface area contributed by atoms with Gasteiger partial charge in [-0.3, -0.25) is 4.79 Å². The van der Waals surface area contributed by atoms with Gasteiger partial charge < -0.3 is 5.32 Å². The van der Waals surface area contributed by atoms with Crippen LogP contribution in [0.25, 0.3) is 0 Å². The van der Waals surface area contributed by atoms with Gasteiger partial charge in [-0.2, -0.15) is 4.31 Å². The molecule has 0 saturated carbocycles. The predicted molar refractivity (Wildman–Crippen MR) is 116 cm³/mol. The number of aryl methyl sites for hydroxylation is 2. The second-order valence-corrected chi connectivity index (χ2v) is 10.5. The predicted octanol–water partition coefficient (Wildman–Crippen LogP) is 4.21. The van der Waals surface area contributed by atoms with Gasteiger partial charge in [0.15, 0.2) is 0 Å². The normalized spacial score (nSPS) is 16.9. The molecule has 1 N–H and O–H groups in total. The first-order valence-electron chi connectivity index (χ1n) is 9.85. The Balaban J connectivity index is 1.57. The molecular formula is C21H20F2N4O3S2. The summed E-state index contributed by atoms with van der Waals surface area (Å²) in [5.41, 5.74) is 1.51. The van der Waals surface area contributed by atoms with Crippen LogP contribution in [0.4, 0.5) is 14.5 Å². The molecule has 4 rings (SSSR count). The van der Waals surface area contributed by atoms with Gasteiger partial charge in [0, 0.05) is 12.6 Å². The molecule has 2 aromatic carbocycles. The smallest absolute Gasteiger partial charge is 0.286 e. The van der Waals surface area contributed by atoms with Crippen molar-refractivity contribution in [2.75, 3.05) is 11.9 Å². The fourth-order valence-electron chi connectivity index (χ4n) is 3.72. The molecule has 0 bridgehead atoms. The van der Waals surface area contributed by atoms with E-state index >= 15 is 0 Å². The van der Waals surface area contributed by atoms with Crippen LogP contribution in [0.3, 0.4) is 0 Å². The Kier molecular flexibility index (Phi) is 6.06. The first-order chi connectivity index (χ1) is 15.1. The lowest BCUT2D eigenvalue weighted by atomic mass is 10.2. The number of carbonyl (C=O) groups is 1. The fourth-order valence-corrected chi connectivity index (χ4v) is 6.52. The number of carbonyl (C=O) groups excluding carboxylic acids is 1. The minimum atomic E-state index is -3.76. The maximum Gasteiger partial charge on any atom is 0.286 e. The van der Waals surface area contributed by atoms with Crippen molar-refractivity contribution in [3.8, 4) is 0 Å². The second kappa shape index (κ2) is 8.64. The number of sulfonamides is 1. The van der Waals surface area contributed by atoms with Crippen molar-refractivity contribution >= 4 is 33.0 Å². The van der Waals surface area contributed by atoms with Crippen LogP contribution in [0.2, 0.25) is 0 Å². The van der Waals surface area contributed by atoms with Gasteiger partial charge in [-0.15, -0.1) is 10.2 Å². The Bertz CT molecular complexity index is 1270. The van der Waals surface area contributed by atoms with Crippen LogP contribution >= 0.6 is 11.3 Å². The lowest BCUT2D eigenvalue weighted by Crippen LogP contribution is -2.30. The minimum Gasteiger partial charge on any atom is -0.317 e. The first-order valence-corrected chi connectivity index (χ1v) is 12.1. The van der Waals surface area contributed by atoms with Crippen LogP contribution in [0.15, 0.2) is 41.3 Å². The first kappa shape index (κ1) is 22.4. The molecule has 0 radical (unpaired) electrons. The van der Waals surface area contributed by atoms with E-state index in [2.05, 4.69) is 15.5 Å². The highest BCUT2D eigenvalue weighted by Gasteiger charge is 2.38. The zero-order valence-electron chi connectivity index (χ0n) is 17.3. The van der Waals surface area contributed by atoms with Crippen molar-refractivity contribution < 1.29 is 22.0 Å². The van der Waals surface area contributed by atoms with Gasteiger partial charge in [0.05, 0.1) is 16.6 Å². The number of rotatable bonds is 5. The molecule has 1 atom stereocenters. The maximum atomic E-state index is 13.8. The van der Waals surface area contributed by atoms with E-state index in [9.17, 15) is 22.0 Å². The molecule has 11 heteroatoms. The molecule has 7 nitrogen and oxygen atoms in total. The summed E-state index contributed by atoms with van der Waals surface area (Å²) >= 11 is 0.951. The zero-order valence-corrected chi connectivity index (χ0v) is 18.9. The highest BCUT2D eigenvalue weighted by molar-refractivity contribution is 7.89. The molecule has 1 fully saturated rings. The van der Waals surface area contributed by atoms with Crippen molar-refractivity contribution in [2.45, 2.75) is 37.6 Å². The van der Waals surface area contributed by atoms with E-state index in [1.165, 1.54) is 4.31 Å². The molecule has 3 aromatic rings. The number of nitrogens with zero attached hydrogens (tertiary/aromatic N) is 3. The molecule has 32 heavy (non-hydrogen) atoms. The summed E-state index contributed by atoms with van der Waals surface area (Å²) in [5, 5.41) is 10.6. The van der Waals surface area contributed by atoms with E-state index < -0.39 is 33.6 Å². The van der Waals surface area contributed by atoms with Crippen molar-refractivity contribution in [3.05, 3.63) is 69.2 Å². The number of anilines is 1. The largest absolute Gasteiger partial charge is 0.317 e. The third kappa shape index (κ3) is 4.41. The third-order valence-electron chi connectivity index (χ3n) is 5.10. The number of amides is 1. The summed E-state index contributed by atoms with van der Waals surface area (Å²) in [5.74, 6) is -2.38. The summed E-state index contributed by atoms with van der Waals surface area (Å²) in [6, 6.07) is 7.43. The number of aromatic nitrogens is 2. The highest BCUT2D eigenvalue weighted by Crippen LogP contribution is 2.38. The molecule has 0 spiro atoms. The summed E-state index contributed by atoms with van der Waals surface area (Å²) in [7, 11) is -3.76. The monoisotopic (exact) mass is 478 g/mol. The number of benzene rings is 2. The Morgan fingerprint density at radius 3 is 2.53 bits per heavy atom. The van der Waals surface area contributed by atoms with Crippen LogP contribution in [0.5, 0.6) is 0 Å². The van der Waals surface area contributed by atoms with Crippen molar-refractivity contribution in [1.29, 1.82) is 0 Å². The van der Waals surface area contributed by atoms with Gasteiger partial charge in [0.2, 0.25) is 15.0 Å². The molecule has 2 heterocycles. The second-order valence-electron chi connectivity index (χ2n) is 7.62. The van der Waals surface area contributed by atoms with Gasteiger partial charge >= 0.3 is 0 Å². The van der Waals surface area contributed by atoms with Crippen molar-refractivity contribution in [1.82, 2.24) is 14.5 Å². The number of hydrogen-bond acceptors (Lipinski definition) is 6. The molecule has 0 aliphatic carbocycles. The number of halogens is 2. The molecule has 1 saturated heterocycles. The zero-order chi connectivity index (χ0) is 23.0. The van der Waals surface area contributed by atoms with Crippen LogP contribution in [-0.2, 0) is 10.0 Å². The van der Waals surface area contributed by atoms with Gasteiger partial charge in [0.25, 0.3) is 5.91 Å². The Morgan fingerprint density at radius 1 is 1.12 bits per heavy atom. The van der Waals surface area contributed by atoms with Crippen molar-refractivity contribution in [3.63, 3.8) is 0 Å². The molecule has 1 aromatic heterocycles. The standard InChI is InChI=1S/C21H20F2N4O3S2/c1-12-8-13(2)10-15(9-12)32(29,30)27-7-3-4-18(27)20-25-26-21(31-20)19(28)24-17-6-5-14(22)11-16(17)23/h5-6,8-11,18H,3-4,7H2,1-2H3,(H,24,28)/t18-/m1/s1. The van der Waals surface area contributed by atoms with Gasteiger partial charge in [0.1, 0.15) is 16.6 Å². The van der Waals surface area contributed by atoms with Gasteiger partial charge in [-0.1, -0.05) is 17.4 Å². The topological polar surface area (TPSA) is 92.3 Å². The molecule has 1 aliphatic heterocycles. The molecular weight excluding hydrogens is 458 g/mol. The number of nitrogens with one attached hydrogen (secondary N) is 1. The van der Waals surface area contributed by atoms with Crippen LogP contribution in [0.1, 0.15) is 44.8 Å². The Morgan fingerprint density at radius 2 is 1.84 bits per heavy atom. The maximum absolute atomic E-state index is 13.8. The van der Waals surface area contributed by atoms with Crippen LogP contribution in [0, 0.1) is 25.5 Å². The van der Waals surface area contributed by atoms with E-state index in [-0.39, 0.29) is 15.6 Å². The average Bonchev–Trinajstić information content (AvgIpc) is 3.38. The molecule has 1 amide bonds. The third-order valence-corrected chi connectivity index (χ3v) is 8.01. The van der Waals surface area contributed by atoms with Crippen molar-refractivity contribution in [2.24, 2.45) is 0 Å². The average molecular weight is 479 g/mol. The van der Waals surface area contributed by atoms with Crippen LogP contribution in [-0.4, -0.2) is 35.4 Å². The molecule has 1 aliphatic rings. The van der Waals surface area contributed by atoms with E-state index in [1.807, 2.05) is 19.9 Å². The summed E-state index contributed by atoms with van der Waals surface area (Å²) in [6.45, 7) is 4.02. The van der Waals surface area contributed by atoms with E-state index in [4.69, 9.17) is 0 Å². The SMILES string of the molecule is Cc1cc(C)cc(S(=O)(=O)N2CCC[C@@H]2c2nnc(C(=O)Nc3ccc(F)cc3F)s2)c1. The Labute approximate surface area is 188 Å². The number of hydrogen-bond donors (Lipinski definition) is 1. The summed E-state index contributed by atoms with van der Waals surface area (Å²) < 4.78 is 54.9. The Hall–Kier alpha value is -2.76. The van der Waals surface area contributed by atoms with Gasteiger partial charge in [-0.05, 0) is 62.1 Å². The lowest BCUT2D eigenvalue weighted by Gasteiger charge is -2.22. The fraction of sp³-hybridized carbons (Fsp3) is 0.286. The van der Waals surface area contributed by atoms with E-state index in [0.717, 1.165) is 34.6 Å². The lowest BCUT2D eigenvalue weighted by molar-refractivity contribution is 0.102. The van der Waals surface area contributed by atoms with E-state index in [0.29, 0.717) is 30.5 Å².